The summed E-state index contributed by atoms with van der Waals surface area (Å²) >= 11 is 0. The highest BCUT2D eigenvalue weighted by Gasteiger charge is 2.16. The van der Waals surface area contributed by atoms with E-state index in [0.29, 0.717) is 6.04 Å². The van der Waals surface area contributed by atoms with E-state index in [1.54, 1.807) is 14.2 Å². The normalized spacial score (nSPS) is 12.3. The Balaban J connectivity index is 2.26. The second-order valence-corrected chi connectivity index (χ2v) is 5.78. The molecule has 1 atom stereocenters. The van der Waals surface area contributed by atoms with Gasteiger partial charge < -0.3 is 14.4 Å². The molecule has 0 aliphatic heterocycles. The summed E-state index contributed by atoms with van der Waals surface area (Å²) in [6.45, 7) is 2.11. The lowest BCUT2D eigenvalue weighted by Crippen LogP contribution is -2.22. The molecule has 0 bridgehead atoms. The Labute approximate surface area is 133 Å². The van der Waals surface area contributed by atoms with Crippen LogP contribution in [0.2, 0.25) is 0 Å². The molecule has 22 heavy (non-hydrogen) atoms. The molecule has 118 valence electrons. The Morgan fingerprint density at radius 3 is 2.09 bits per heavy atom. The summed E-state index contributed by atoms with van der Waals surface area (Å²) < 4.78 is 10.7. The first kappa shape index (κ1) is 16.4. The Kier molecular flexibility index (Phi) is 5.45. The second kappa shape index (κ2) is 7.32. The molecule has 0 saturated heterocycles. The van der Waals surface area contributed by atoms with Crippen LogP contribution in [0.4, 0.5) is 0 Å². The van der Waals surface area contributed by atoms with Crippen molar-refractivity contribution in [2.75, 3.05) is 28.3 Å². The van der Waals surface area contributed by atoms with Crippen LogP contribution in [-0.2, 0) is 6.42 Å². The fraction of sp³-hybridized carbons (Fsp3) is 0.368. The summed E-state index contributed by atoms with van der Waals surface area (Å²) in [6, 6.07) is 15.2. The molecule has 0 aliphatic carbocycles. The highest BCUT2D eigenvalue weighted by Crippen LogP contribution is 2.30. The van der Waals surface area contributed by atoms with Crippen molar-refractivity contribution in [3.8, 4) is 11.5 Å². The maximum Gasteiger partial charge on any atom is 0.160 e. The molecule has 0 amide bonds. The fourth-order valence-corrected chi connectivity index (χ4v) is 2.62. The van der Waals surface area contributed by atoms with Gasteiger partial charge in [0.05, 0.1) is 14.2 Å². The molecule has 3 heteroatoms. The van der Waals surface area contributed by atoms with Gasteiger partial charge in [-0.1, -0.05) is 35.9 Å². The Hall–Kier alpha value is -2.00. The van der Waals surface area contributed by atoms with Crippen molar-refractivity contribution in [1.29, 1.82) is 0 Å². The zero-order valence-corrected chi connectivity index (χ0v) is 14.1. The lowest BCUT2D eigenvalue weighted by molar-refractivity contribution is 0.297. The minimum atomic E-state index is 0.332. The van der Waals surface area contributed by atoms with Gasteiger partial charge >= 0.3 is 0 Å². The summed E-state index contributed by atoms with van der Waals surface area (Å²) in [7, 11) is 7.56. The van der Waals surface area contributed by atoms with Gasteiger partial charge in [0.2, 0.25) is 0 Å². The molecular weight excluding hydrogens is 274 g/mol. The zero-order chi connectivity index (χ0) is 16.1. The molecule has 1 unspecified atom stereocenters. The average Bonchev–Trinajstić information content (AvgIpc) is 2.53. The van der Waals surface area contributed by atoms with Gasteiger partial charge in [0.15, 0.2) is 11.5 Å². The first-order valence-electron chi connectivity index (χ1n) is 7.49. The number of benzene rings is 2. The van der Waals surface area contributed by atoms with Crippen LogP contribution < -0.4 is 9.47 Å². The van der Waals surface area contributed by atoms with E-state index >= 15 is 0 Å². The Morgan fingerprint density at radius 1 is 0.909 bits per heavy atom. The average molecular weight is 299 g/mol. The van der Waals surface area contributed by atoms with Crippen LogP contribution in [-0.4, -0.2) is 33.2 Å². The highest BCUT2D eigenvalue weighted by molar-refractivity contribution is 5.43. The van der Waals surface area contributed by atoms with Crippen LogP contribution in [0.3, 0.4) is 0 Å². The molecule has 2 aromatic carbocycles. The lowest BCUT2D eigenvalue weighted by atomic mass is 9.97. The maximum atomic E-state index is 5.40. The van der Waals surface area contributed by atoms with Gasteiger partial charge in [-0.2, -0.15) is 0 Å². The molecule has 0 saturated carbocycles. The molecule has 0 spiro atoms. The molecule has 0 radical (unpaired) electrons. The number of hydrogen-bond acceptors (Lipinski definition) is 3. The third kappa shape index (κ3) is 3.80. The third-order valence-electron chi connectivity index (χ3n) is 3.96. The fourth-order valence-electron chi connectivity index (χ4n) is 2.62. The molecule has 0 fully saturated rings. The molecular formula is C19H25NO2. The minimum Gasteiger partial charge on any atom is -0.493 e. The highest BCUT2D eigenvalue weighted by atomic mass is 16.5. The zero-order valence-electron chi connectivity index (χ0n) is 14.1. The van der Waals surface area contributed by atoms with Crippen molar-refractivity contribution in [3.63, 3.8) is 0 Å². The molecule has 2 rings (SSSR count). The summed E-state index contributed by atoms with van der Waals surface area (Å²) in [6.07, 6.45) is 0.927. The van der Waals surface area contributed by atoms with Gasteiger partial charge in [-0.05, 0) is 50.7 Å². The Bertz CT molecular complexity index is 605. The molecule has 3 nitrogen and oxygen atoms in total. The van der Waals surface area contributed by atoms with Gasteiger partial charge in [-0.3, -0.25) is 0 Å². The van der Waals surface area contributed by atoms with Crippen LogP contribution >= 0.6 is 0 Å². The van der Waals surface area contributed by atoms with E-state index in [0.717, 1.165) is 17.9 Å². The van der Waals surface area contributed by atoms with Crippen LogP contribution in [0, 0.1) is 6.92 Å². The standard InChI is InChI=1S/C19H25NO2/c1-14-6-9-16(10-7-14)17(20(2)3)12-15-8-11-18(21-4)19(13-15)22-5/h6-11,13,17H,12H2,1-5H3. The van der Waals surface area contributed by atoms with E-state index in [4.69, 9.17) is 9.47 Å². The van der Waals surface area contributed by atoms with Gasteiger partial charge in [-0.15, -0.1) is 0 Å². The van der Waals surface area contributed by atoms with Crippen molar-refractivity contribution >= 4 is 0 Å². The molecule has 0 aliphatic rings. The monoisotopic (exact) mass is 299 g/mol. The first-order valence-corrected chi connectivity index (χ1v) is 7.49. The second-order valence-electron chi connectivity index (χ2n) is 5.78. The van der Waals surface area contributed by atoms with E-state index in [1.807, 2.05) is 6.07 Å². The summed E-state index contributed by atoms with van der Waals surface area (Å²) in [5, 5.41) is 0. The van der Waals surface area contributed by atoms with Gasteiger partial charge in [0.1, 0.15) is 0 Å². The summed E-state index contributed by atoms with van der Waals surface area (Å²) in [5.41, 5.74) is 3.84. The first-order chi connectivity index (χ1) is 10.5. The van der Waals surface area contributed by atoms with Crippen molar-refractivity contribution in [2.45, 2.75) is 19.4 Å². The van der Waals surface area contributed by atoms with E-state index < -0.39 is 0 Å². The van der Waals surface area contributed by atoms with Gasteiger partial charge in [0.25, 0.3) is 0 Å². The van der Waals surface area contributed by atoms with Crippen LogP contribution in [0.1, 0.15) is 22.7 Å². The number of aryl methyl sites for hydroxylation is 1. The lowest BCUT2D eigenvalue weighted by Gasteiger charge is -2.25. The minimum absolute atomic E-state index is 0.332. The van der Waals surface area contributed by atoms with Crippen molar-refractivity contribution in [3.05, 3.63) is 59.2 Å². The SMILES string of the molecule is COc1ccc(CC(c2ccc(C)cc2)N(C)C)cc1OC. The van der Waals surface area contributed by atoms with Crippen molar-refractivity contribution in [1.82, 2.24) is 4.90 Å². The smallest absolute Gasteiger partial charge is 0.160 e. The molecule has 0 N–H and O–H groups in total. The van der Waals surface area contributed by atoms with E-state index in [2.05, 4.69) is 62.3 Å². The number of nitrogens with zero attached hydrogens (tertiary/aromatic N) is 1. The number of ether oxygens (including phenoxy) is 2. The van der Waals surface area contributed by atoms with E-state index in [1.165, 1.54) is 16.7 Å². The topological polar surface area (TPSA) is 21.7 Å². The molecule has 0 heterocycles. The number of rotatable bonds is 6. The summed E-state index contributed by atoms with van der Waals surface area (Å²) in [4.78, 5) is 2.25. The number of methoxy groups -OCH3 is 2. The van der Waals surface area contributed by atoms with E-state index in [-0.39, 0.29) is 0 Å². The Morgan fingerprint density at radius 2 is 1.55 bits per heavy atom. The van der Waals surface area contributed by atoms with Crippen LogP contribution in [0.5, 0.6) is 11.5 Å². The van der Waals surface area contributed by atoms with Gasteiger partial charge in [0, 0.05) is 6.04 Å². The quantitative estimate of drug-likeness (QED) is 0.808. The van der Waals surface area contributed by atoms with Crippen molar-refractivity contribution in [2.24, 2.45) is 0 Å². The molecule has 0 aromatic heterocycles. The predicted octanol–water partition coefficient (Wildman–Crippen LogP) is 3.86. The van der Waals surface area contributed by atoms with Crippen molar-refractivity contribution < 1.29 is 9.47 Å². The number of hydrogen-bond donors (Lipinski definition) is 0. The van der Waals surface area contributed by atoms with Crippen LogP contribution in [0.25, 0.3) is 0 Å². The maximum absolute atomic E-state index is 5.40. The van der Waals surface area contributed by atoms with Crippen LogP contribution in [0.15, 0.2) is 42.5 Å². The van der Waals surface area contributed by atoms with E-state index in [9.17, 15) is 0 Å². The summed E-state index contributed by atoms with van der Waals surface area (Å²) in [5.74, 6) is 1.55. The number of likely N-dealkylation sites (N-methyl/N-ethyl adjacent to an activating group) is 1. The van der Waals surface area contributed by atoms with Gasteiger partial charge in [-0.25, -0.2) is 0 Å². The molecule has 2 aromatic rings. The largest absolute Gasteiger partial charge is 0.493 e. The third-order valence-corrected chi connectivity index (χ3v) is 3.96. The predicted molar refractivity (Wildman–Crippen MR) is 90.9 cm³/mol.